The van der Waals surface area contributed by atoms with Gasteiger partial charge in [0.15, 0.2) is 0 Å². The lowest BCUT2D eigenvalue weighted by Gasteiger charge is -2.37. The minimum atomic E-state index is -0.668. The van der Waals surface area contributed by atoms with Crippen molar-refractivity contribution in [1.29, 1.82) is 0 Å². The number of fused-ring (bicyclic) bond motifs is 2. The lowest BCUT2D eigenvalue weighted by molar-refractivity contribution is 0.158. The molecular formula is C15H14BrN3O. The van der Waals surface area contributed by atoms with Crippen LogP contribution in [0.2, 0.25) is 0 Å². The molecule has 4 nitrogen and oxygen atoms in total. The highest BCUT2D eigenvalue weighted by Crippen LogP contribution is 2.46. The number of carbonyl (C=O) groups excluding carboxylic acids is 1. The number of aryl methyl sites for hydroxylation is 1. The molecule has 5 heteroatoms. The average molecular weight is 332 g/mol. The Morgan fingerprint density at radius 1 is 1.60 bits per heavy atom. The molecule has 2 atom stereocenters. The number of hydrogen-bond donors (Lipinski definition) is 1. The van der Waals surface area contributed by atoms with Crippen LogP contribution in [-0.2, 0) is 12.0 Å². The predicted molar refractivity (Wildman–Crippen MR) is 81.3 cm³/mol. The first-order valence-corrected chi connectivity index (χ1v) is 7.23. The van der Waals surface area contributed by atoms with Gasteiger partial charge in [-0.3, -0.25) is 4.90 Å². The standard InChI is InChI=1S/C15H14BrN3O/c1-3-9(2)19-14(20)18-13(17)15(19)7-6-10-8-11(16)4-5-12(10)15/h1,4-5,8-9H,6-7H2,2H3,(H2,17,18,20). The Balaban J connectivity index is 2.20. The van der Waals surface area contributed by atoms with E-state index in [-0.39, 0.29) is 12.1 Å². The highest BCUT2D eigenvalue weighted by molar-refractivity contribution is 9.10. The van der Waals surface area contributed by atoms with Gasteiger partial charge in [0.1, 0.15) is 11.4 Å². The molecule has 0 saturated carbocycles. The van der Waals surface area contributed by atoms with Crippen molar-refractivity contribution >= 4 is 27.8 Å². The van der Waals surface area contributed by atoms with E-state index >= 15 is 0 Å². The van der Waals surface area contributed by atoms with E-state index in [1.165, 1.54) is 5.56 Å². The van der Waals surface area contributed by atoms with Crippen molar-refractivity contribution < 1.29 is 4.79 Å². The van der Waals surface area contributed by atoms with Gasteiger partial charge in [-0.05, 0) is 43.0 Å². The Bertz CT molecular complexity index is 676. The number of rotatable bonds is 1. The Morgan fingerprint density at radius 2 is 2.35 bits per heavy atom. The minimum absolute atomic E-state index is 0.344. The van der Waals surface area contributed by atoms with Gasteiger partial charge in [0.25, 0.3) is 0 Å². The summed E-state index contributed by atoms with van der Waals surface area (Å²) in [5, 5.41) is 0. The molecule has 0 saturated heterocycles. The first-order chi connectivity index (χ1) is 9.50. The van der Waals surface area contributed by atoms with Gasteiger partial charge >= 0.3 is 6.03 Å². The lowest BCUT2D eigenvalue weighted by Crippen LogP contribution is -2.53. The predicted octanol–water partition coefficient (Wildman–Crippen LogP) is 2.41. The zero-order valence-corrected chi connectivity index (χ0v) is 12.6. The molecule has 1 aromatic rings. The second kappa shape index (κ2) is 4.35. The van der Waals surface area contributed by atoms with Crippen LogP contribution >= 0.6 is 15.9 Å². The Labute approximate surface area is 126 Å². The summed E-state index contributed by atoms with van der Waals surface area (Å²) in [4.78, 5) is 17.8. The van der Waals surface area contributed by atoms with E-state index in [1.54, 1.807) is 4.90 Å². The van der Waals surface area contributed by atoms with Crippen LogP contribution in [0.5, 0.6) is 0 Å². The summed E-state index contributed by atoms with van der Waals surface area (Å²) < 4.78 is 1.02. The molecule has 2 N–H and O–H groups in total. The fourth-order valence-electron chi connectivity index (χ4n) is 3.25. The van der Waals surface area contributed by atoms with Gasteiger partial charge in [-0.25, -0.2) is 4.79 Å². The van der Waals surface area contributed by atoms with Gasteiger partial charge in [-0.2, -0.15) is 4.99 Å². The highest BCUT2D eigenvalue weighted by Gasteiger charge is 2.54. The quantitative estimate of drug-likeness (QED) is 0.803. The molecule has 3 rings (SSSR count). The Morgan fingerprint density at radius 3 is 3.05 bits per heavy atom. The van der Waals surface area contributed by atoms with Crippen molar-refractivity contribution in [1.82, 2.24) is 4.90 Å². The van der Waals surface area contributed by atoms with Gasteiger partial charge in [-0.1, -0.05) is 27.9 Å². The fourth-order valence-corrected chi connectivity index (χ4v) is 3.65. The normalized spacial score (nSPS) is 25.6. The van der Waals surface area contributed by atoms with Crippen molar-refractivity contribution in [3.63, 3.8) is 0 Å². The first-order valence-electron chi connectivity index (χ1n) is 6.43. The van der Waals surface area contributed by atoms with Crippen molar-refractivity contribution in [3.05, 3.63) is 33.8 Å². The monoisotopic (exact) mass is 331 g/mol. The Kier molecular flexibility index (Phi) is 2.87. The molecule has 20 heavy (non-hydrogen) atoms. The third kappa shape index (κ3) is 1.55. The number of amidine groups is 1. The molecule has 2 unspecified atom stereocenters. The van der Waals surface area contributed by atoms with E-state index in [9.17, 15) is 4.79 Å². The van der Waals surface area contributed by atoms with Crippen LogP contribution in [-0.4, -0.2) is 22.8 Å². The zero-order valence-electron chi connectivity index (χ0n) is 11.1. The third-order valence-corrected chi connectivity index (χ3v) is 4.65. The third-order valence-electron chi connectivity index (χ3n) is 4.15. The van der Waals surface area contributed by atoms with Crippen molar-refractivity contribution in [2.24, 2.45) is 10.7 Å². The topological polar surface area (TPSA) is 58.7 Å². The number of halogens is 1. The van der Waals surface area contributed by atoms with E-state index in [1.807, 2.05) is 19.1 Å². The average Bonchev–Trinajstić information content (AvgIpc) is 2.89. The van der Waals surface area contributed by atoms with Crippen molar-refractivity contribution in [2.75, 3.05) is 0 Å². The second-order valence-electron chi connectivity index (χ2n) is 5.15. The highest BCUT2D eigenvalue weighted by atomic mass is 79.9. The molecule has 1 aromatic carbocycles. The maximum atomic E-state index is 12.2. The largest absolute Gasteiger partial charge is 0.385 e. The van der Waals surface area contributed by atoms with Gasteiger partial charge in [0.2, 0.25) is 0 Å². The van der Waals surface area contributed by atoms with Gasteiger partial charge < -0.3 is 5.73 Å². The van der Waals surface area contributed by atoms with E-state index in [0.29, 0.717) is 5.84 Å². The minimum Gasteiger partial charge on any atom is -0.385 e. The number of amides is 2. The number of nitrogens with zero attached hydrogens (tertiary/aromatic N) is 2. The molecular weight excluding hydrogens is 318 g/mol. The molecule has 2 amide bonds. The first kappa shape index (κ1) is 13.2. The molecule has 1 aliphatic heterocycles. The molecule has 0 aromatic heterocycles. The second-order valence-corrected chi connectivity index (χ2v) is 6.07. The molecule has 102 valence electrons. The van der Waals surface area contributed by atoms with Gasteiger partial charge in [0.05, 0.1) is 6.04 Å². The van der Waals surface area contributed by atoms with Crippen molar-refractivity contribution in [2.45, 2.75) is 31.3 Å². The summed E-state index contributed by atoms with van der Waals surface area (Å²) >= 11 is 3.47. The van der Waals surface area contributed by atoms with Crippen LogP contribution in [0.3, 0.4) is 0 Å². The molecule has 1 heterocycles. The summed E-state index contributed by atoms with van der Waals surface area (Å²) in [6.45, 7) is 1.82. The van der Waals surface area contributed by atoms with Crippen LogP contribution in [0.1, 0.15) is 24.5 Å². The number of urea groups is 1. The lowest BCUT2D eigenvalue weighted by atomic mass is 9.88. The molecule has 2 aliphatic rings. The number of nitrogens with two attached hydrogens (primary N) is 1. The van der Waals surface area contributed by atoms with E-state index in [2.05, 4.69) is 32.9 Å². The maximum absolute atomic E-state index is 12.2. The van der Waals surface area contributed by atoms with Crippen molar-refractivity contribution in [3.8, 4) is 12.3 Å². The summed E-state index contributed by atoms with van der Waals surface area (Å²) in [5.41, 5.74) is 7.66. The van der Waals surface area contributed by atoms with E-state index < -0.39 is 5.54 Å². The van der Waals surface area contributed by atoms with Gasteiger partial charge in [0, 0.05) is 4.47 Å². The number of aliphatic imine (C=N–C) groups is 1. The van der Waals surface area contributed by atoms with E-state index in [0.717, 1.165) is 22.9 Å². The number of terminal acetylenes is 1. The number of hydrogen-bond acceptors (Lipinski definition) is 2. The fraction of sp³-hybridized carbons (Fsp3) is 0.333. The summed E-state index contributed by atoms with van der Waals surface area (Å²) in [5.74, 6) is 2.97. The van der Waals surface area contributed by atoms with Crippen LogP contribution in [0.15, 0.2) is 27.7 Å². The van der Waals surface area contributed by atoms with Crippen LogP contribution in [0.4, 0.5) is 4.79 Å². The van der Waals surface area contributed by atoms with Crippen LogP contribution < -0.4 is 5.73 Å². The number of benzene rings is 1. The summed E-state index contributed by atoms with van der Waals surface area (Å²) in [6.07, 6.45) is 7.09. The Hall–Kier alpha value is -1.80. The summed E-state index contributed by atoms with van der Waals surface area (Å²) in [7, 11) is 0. The van der Waals surface area contributed by atoms with Gasteiger partial charge in [-0.15, -0.1) is 6.42 Å². The van der Waals surface area contributed by atoms with Crippen LogP contribution in [0, 0.1) is 12.3 Å². The molecule has 1 spiro atoms. The molecule has 0 bridgehead atoms. The maximum Gasteiger partial charge on any atom is 0.347 e. The summed E-state index contributed by atoms with van der Waals surface area (Å²) in [6, 6.07) is 5.34. The number of carbonyl (C=O) groups is 1. The van der Waals surface area contributed by atoms with Crippen LogP contribution in [0.25, 0.3) is 0 Å². The SMILES string of the molecule is C#CC(C)N1C(=O)N=C(N)C12CCc1cc(Br)ccc12. The van der Waals surface area contributed by atoms with E-state index in [4.69, 9.17) is 12.2 Å². The smallest absolute Gasteiger partial charge is 0.347 e. The molecule has 0 radical (unpaired) electrons. The molecule has 0 fully saturated rings. The molecule has 1 aliphatic carbocycles. The zero-order chi connectivity index (χ0) is 14.5.